The predicted octanol–water partition coefficient (Wildman–Crippen LogP) is 0.181. The third-order valence-corrected chi connectivity index (χ3v) is 4.11. The molecule has 1 aliphatic heterocycles. The fraction of sp³-hybridized carbons (Fsp3) is 1.00. The van der Waals surface area contributed by atoms with Gasteiger partial charge in [0.1, 0.15) is 6.10 Å². The molecular weight excluding hydrogens is 440 g/mol. The van der Waals surface area contributed by atoms with Gasteiger partial charge in [0.25, 0.3) is 0 Å². The summed E-state index contributed by atoms with van der Waals surface area (Å²) in [4.78, 5) is 0. The molecule has 0 spiro atoms. The molecule has 0 N–H and O–H groups in total. The normalized spacial score (nSPS) is 15.4. The molecule has 0 radical (unpaired) electrons. The summed E-state index contributed by atoms with van der Waals surface area (Å²) in [5.41, 5.74) is 0. The summed E-state index contributed by atoms with van der Waals surface area (Å²) in [7, 11) is 1.65. The highest BCUT2D eigenvalue weighted by molar-refractivity contribution is 4.66. The van der Waals surface area contributed by atoms with Crippen LogP contribution in [0.5, 0.6) is 0 Å². The van der Waals surface area contributed by atoms with Gasteiger partial charge in [0, 0.05) is 7.11 Å². The highest BCUT2D eigenvalue weighted by Gasteiger charge is 2.21. The molecule has 1 rings (SSSR count). The first-order chi connectivity index (χ1) is 16.4. The van der Waals surface area contributed by atoms with E-state index in [1.807, 2.05) is 0 Å². The number of rotatable bonds is 29. The van der Waals surface area contributed by atoms with Crippen LogP contribution in [0.4, 0.5) is 0 Å². The fourth-order valence-corrected chi connectivity index (χ4v) is 2.28. The Morgan fingerprint density at radius 3 is 0.909 bits per heavy atom. The van der Waals surface area contributed by atoms with Crippen molar-refractivity contribution in [2.45, 2.75) is 6.10 Å². The van der Waals surface area contributed by atoms with Crippen molar-refractivity contribution < 1.29 is 52.1 Å². The van der Waals surface area contributed by atoms with E-state index >= 15 is 0 Å². The van der Waals surface area contributed by atoms with Crippen LogP contribution in [-0.4, -0.2) is 145 Å². The quantitative estimate of drug-likeness (QED) is 0.107. The second-order valence-corrected chi connectivity index (χ2v) is 6.92. The predicted molar refractivity (Wildman–Crippen MR) is 119 cm³/mol. The second kappa shape index (κ2) is 26.2. The van der Waals surface area contributed by atoms with E-state index in [-0.39, 0.29) is 0 Å². The van der Waals surface area contributed by atoms with E-state index in [0.29, 0.717) is 132 Å². The Morgan fingerprint density at radius 2 is 0.667 bits per heavy atom. The van der Waals surface area contributed by atoms with Gasteiger partial charge in [-0.1, -0.05) is 0 Å². The van der Waals surface area contributed by atoms with Gasteiger partial charge in [-0.15, -0.1) is 0 Å². The van der Waals surface area contributed by atoms with Crippen LogP contribution < -0.4 is 0 Å². The maximum absolute atomic E-state index is 5.44. The smallest absolute Gasteiger partial charge is 0.104 e. The molecule has 1 atom stereocenters. The van der Waals surface area contributed by atoms with Gasteiger partial charge in [-0.25, -0.2) is 0 Å². The Labute approximate surface area is 198 Å². The lowest BCUT2D eigenvalue weighted by Crippen LogP contribution is -2.15. The number of hydrogen-bond donors (Lipinski definition) is 0. The summed E-state index contributed by atoms with van der Waals surface area (Å²) in [5.74, 6) is 0. The van der Waals surface area contributed by atoms with E-state index < -0.39 is 0 Å². The van der Waals surface area contributed by atoms with Crippen molar-refractivity contribution in [1.82, 2.24) is 0 Å². The van der Waals surface area contributed by atoms with Gasteiger partial charge >= 0.3 is 0 Å². The maximum atomic E-state index is 5.44. The van der Waals surface area contributed by atoms with Crippen LogP contribution in [0, 0.1) is 0 Å². The minimum Gasteiger partial charge on any atom is -0.382 e. The third kappa shape index (κ3) is 26.0. The molecule has 11 heteroatoms. The lowest BCUT2D eigenvalue weighted by molar-refractivity contribution is -0.0260. The Kier molecular flexibility index (Phi) is 24.3. The van der Waals surface area contributed by atoms with Gasteiger partial charge in [-0.05, 0) is 0 Å². The highest BCUT2D eigenvalue weighted by atomic mass is 16.6. The van der Waals surface area contributed by atoms with E-state index in [2.05, 4.69) is 0 Å². The number of methoxy groups -OCH3 is 1. The lowest BCUT2D eigenvalue weighted by Gasteiger charge is -2.08. The van der Waals surface area contributed by atoms with Gasteiger partial charge in [0.05, 0.1) is 132 Å². The summed E-state index contributed by atoms with van der Waals surface area (Å²) in [6.45, 7) is 11.4. The highest BCUT2D eigenvalue weighted by Crippen LogP contribution is 2.07. The minimum absolute atomic E-state index is 0.303. The van der Waals surface area contributed by atoms with Crippen molar-refractivity contribution in [2.24, 2.45) is 0 Å². The molecule has 0 aliphatic carbocycles. The molecule has 1 saturated heterocycles. The third-order valence-electron chi connectivity index (χ3n) is 4.11. The summed E-state index contributed by atoms with van der Waals surface area (Å²) < 4.78 is 58.5. The fourth-order valence-electron chi connectivity index (χ4n) is 2.28. The summed E-state index contributed by atoms with van der Waals surface area (Å²) in [6, 6.07) is 0. The van der Waals surface area contributed by atoms with Crippen molar-refractivity contribution in [3.63, 3.8) is 0 Å². The molecule has 33 heavy (non-hydrogen) atoms. The maximum Gasteiger partial charge on any atom is 0.104 e. The Bertz CT molecular complexity index is 372. The Morgan fingerprint density at radius 1 is 0.424 bits per heavy atom. The Balaban J connectivity index is 1.58. The van der Waals surface area contributed by atoms with E-state index in [0.717, 1.165) is 6.61 Å². The van der Waals surface area contributed by atoms with Crippen molar-refractivity contribution >= 4 is 0 Å². The second-order valence-electron chi connectivity index (χ2n) is 6.92. The Hall–Kier alpha value is -0.440. The van der Waals surface area contributed by atoms with Crippen molar-refractivity contribution in [1.29, 1.82) is 0 Å². The topological polar surface area (TPSA) is 105 Å². The van der Waals surface area contributed by atoms with Gasteiger partial charge < -0.3 is 52.1 Å². The standard InChI is InChI=1S/C22H44O11/c1-23-2-3-24-4-5-25-6-7-26-8-9-27-10-11-28-12-13-29-14-15-30-16-17-31-18-19-32-20-22-21-33-22/h22H,2-21H2,1H3. The summed E-state index contributed by atoms with van der Waals surface area (Å²) in [6.07, 6.45) is 0.303. The van der Waals surface area contributed by atoms with Crippen molar-refractivity contribution in [3.05, 3.63) is 0 Å². The molecular formula is C22H44O11. The van der Waals surface area contributed by atoms with E-state index in [1.165, 1.54) is 0 Å². The van der Waals surface area contributed by atoms with Gasteiger partial charge in [0.2, 0.25) is 0 Å². The zero-order valence-electron chi connectivity index (χ0n) is 20.2. The van der Waals surface area contributed by atoms with E-state index in [9.17, 15) is 0 Å². The monoisotopic (exact) mass is 484 g/mol. The van der Waals surface area contributed by atoms with E-state index in [1.54, 1.807) is 7.11 Å². The van der Waals surface area contributed by atoms with Crippen molar-refractivity contribution in [3.8, 4) is 0 Å². The van der Waals surface area contributed by atoms with Crippen LogP contribution in [0.1, 0.15) is 0 Å². The molecule has 198 valence electrons. The molecule has 0 bridgehead atoms. The molecule has 0 amide bonds. The summed E-state index contributed by atoms with van der Waals surface area (Å²) >= 11 is 0. The summed E-state index contributed by atoms with van der Waals surface area (Å²) in [5, 5.41) is 0. The van der Waals surface area contributed by atoms with Crippen LogP contribution >= 0.6 is 0 Å². The van der Waals surface area contributed by atoms with Crippen LogP contribution in [0.3, 0.4) is 0 Å². The minimum atomic E-state index is 0.303. The number of hydrogen-bond acceptors (Lipinski definition) is 11. The number of epoxide rings is 1. The van der Waals surface area contributed by atoms with Crippen LogP contribution in [0.15, 0.2) is 0 Å². The largest absolute Gasteiger partial charge is 0.382 e. The molecule has 1 unspecified atom stereocenters. The lowest BCUT2D eigenvalue weighted by atomic mass is 10.5. The van der Waals surface area contributed by atoms with E-state index in [4.69, 9.17) is 52.1 Å². The zero-order valence-corrected chi connectivity index (χ0v) is 20.2. The van der Waals surface area contributed by atoms with Crippen molar-refractivity contribution in [2.75, 3.05) is 139 Å². The average Bonchev–Trinajstić information content (AvgIpc) is 3.65. The zero-order chi connectivity index (χ0) is 23.5. The van der Waals surface area contributed by atoms with Crippen LogP contribution in [0.25, 0.3) is 0 Å². The number of ether oxygens (including phenoxy) is 11. The van der Waals surface area contributed by atoms with Gasteiger partial charge in [-0.2, -0.15) is 0 Å². The molecule has 1 aliphatic rings. The molecule has 1 fully saturated rings. The molecule has 11 nitrogen and oxygen atoms in total. The molecule has 0 saturated carbocycles. The first-order valence-corrected chi connectivity index (χ1v) is 11.7. The average molecular weight is 485 g/mol. The molecule has 1 heterocycles. The van der Waals surface area contributed by atoms with Crippen LogP contribution in [-0.2, 0) is 52.1 Å². The van der Waals surface area contributed by atoms with Gasteiger partial charge in [0.15, 0.2) is 0 Å². The first kappa shape index (κ1) is 30.6. The molecule has 0 aromatic rings. The molecule has 0 aromatic carbocycles. The van der Waals surface area contributed by atoms with Crippen LogP contribution in [0.2, 0.25) is 0 Å². The first-order valence-electron chi connectivity index (χ1n) is 11.7. The van der Waals surface area contributed by atoms with Gasteiger partial charge in [-0.3, -0.25) is 0 Å². The SMILES string of the molecule is COCCOCCOCCOCCOCCOCCOCCOCCOCCOCC1CO1. The molecule has 0 aromatic heterocycles.